The zero-order valence-electron chi connectivity index (χ0n) is 19.9. The van der Waals surface area contributed by atoms with Crippen molar-refractivity contribution in [2.24, 2.45) is 0 Å². The van der Waals surface area contributed by atoms with Crippen LogP contribution < -0.4 is 15.4 Å². The van der Waals surface area contributed by atoms with E-state index in [9.17, 15) is 24.0 Å². The van der Waals surface area contributed by atoms with Crippen molar-refractivity contribution < 1.29 is 33.4 Å². The Morgan fingerprint density at radius 2 is 1.60 bits per heavy atom. The average molecular weight is 482 g/mol. The van der Waals surface area contributed by atoms with Crippen molar-refractivity contribution >= 4 is 29.7 Å². The van der Waals surface area contributed by atoms with Gasteiger partial charge in [0, 0.05) is 6.04 Å². The predicted octanol–water partition coefficient (Wildman–Crippen LogP) is 2.66. The SMILES string of the molecule is CCOc1ccc(CN2C(=O)c3ccccc3C2=O)cc1C(=O)OC(C)C(=O)NC(=O)NC(C)C. The van der Waals surface area contributed by atoms with Crippen LogP contribution in [0.5, 0.6) is 5.75 Å². The Labute approximate surface area is 202 Å². The van der Waals surface area contributed by atoms with Gasteiger partial charge >= 0.3 is 12.0 Å². The fourth-order valence-corrected chi connectivity index (χ4v) is 3.47. The maximum Gasteiger partial charge on any atom is 0.342 e. The van der Waals surface area contributed by atoms with Crippen LogP contribution >= 0.6 is 0 Å². The van der Waals surface area contributed by atoms with Crippen LogP contribution in [-0.4, -0.2) is 53.4 Å². The topological polar surface area (TPSA) is 131 Å². The minimum absolute atomic E-state index is 0.0206. The second kappa shape index (κ2) is 10.8. The van der Waals surface area contributed by atoms with Crippen molar-refractivity contribution in [1.29, 1.82) is 0 Å². The maximum atomic E-state index is 12.9. The molecule has 1 atom stereocenters. The Balaban J connectivity index is 1.76. The van der Waals surface area contributed by atoms with Gasteiger partial charge in [-0.15, -0.1) is 0 Å². The molecule has 184 valence electrons. The Morgan fingerprint density at radius 3 is 2.17 bits per heavy atom. The average Bonchev–Trinajstić information content (AvgIpc) is 3.04. The van der Waals surface area contributed by atoms with Gasteiger partial charge in [0.2, 0.25) is 0 Å². The third-order valence-electron chi connectivity index (χ3n) is 5.09. The number of carbonyl (C=O) groups is 5. The van der Waals surface area contributed by atoms with Crippen LogP contribution in [0.3, 0.4) is 0 Å². The number of hydrogen-bond acceptors (Lipinski definition) is 7. The van der Waals surface area contributed by atoms with Crippen LogP contribution in [0.25, 0.3) is 0 Å². The normalized spacial score (nSPS) is 13.3. The molecular weight excluding hydrogens is 454 g/mol. The van der Waals surface area contributed by atoms with Crippen molar-refractivity contribution in [3.8, 4) is 5.75 Å². The summed E-state index contributed by atoms with van der Waals surface area (Å²) in [6, 6.07) is 10.3. The molecule has 1 unspecified atom stereocenters. The number of imide groups is 2. The van der Waals surface area contributed by atoms with E-state index in [4.69, 9.17) is 9.47 Å². The summed E-state index contributed by atoms with van der Waals surface area (Å²) >= 11 is 0. The molecule has 0 bridgehead atoms. The summed E-state index contributed by atoms with van der Waals surface area (Å²) in [5, 5.41) is 4.61. The zero-order valence-corrected chi connectivity index (χ0v) is 19.9. The first kappa shape index (κ1) is 25.4. The predicted molar refractivity (Wildman–Crippen MR) is 125 cm³/mol. The van der Waals surface area contributed by atoms with Crippen LogP contribution in [0.4, 0.5) is 4.79 Å². The van der Waals surface area contributed by atoms with E-state index >= 15 is 0 Å². The lowest BCUT2D eigenvalue weighted by Gasteiger charge is -2.18. The van der Waals surface area contributed by atoms with Gasteiger partial charge in [0.05, 0.1) is 24.3 Å². The lowest BCUT2D eigenvalue weighted by atomic mass is 10.1. The number of nitrogens with one attached hydrogen (secondary N) is 2. The Hall–Kier alpha value is -4.21. The lowest BCUT2D eigenvalue weighted by Crippen LogP contribution is -2.46. The van der Waals surface area contributed by atoms with Gasteiger partial charge in [-0.1, -0.05) is 18.2 Å². The second-order valence-corrected chi connectivity index (χ2v) is 8.17. The maximum absolute atomic E-state index is 12.9. The first-order chi connectivity index (χ1) is 16.6. The highest BCUT2D eigenvalue weighted by Crippen LogP contribution is 2.27. The Morgan fingerprint density at radius 1 is 0.971 bits per heavy atom. The molecule has 1 aliphatic rings. The number of hydrogen-bond donors (Lipinski definition) is 2. The van der Waals surface area contributed by atoms with E-state index in [-0.39, 0.29) is 30.5 Å². The number of carbonyl (C=O) groups excluding carboxylic acids is 5. The van der Waals surface area contributed by atoms with Crippen LogP contribution in [0, 0.1) is 0 Å². The fourth-order valence-electron chi connectivity index (χ4n) is 3.47. The van der Waals surface area contributed by atoms with E-state index in [2.05, 4.69) is 10.6 Å². The number of ether oxygens (including phenoxy) is 2. The van der Waals surface area contributed by atoms with Gasteiger partial charge in [0.25, 0.3) is 17.7 Å². The minimum atomic E-state index is -1.27. The third kappa shape index (κ3) is 5.84. The van der Waals surface area contributed by atoms with E-state index in [0.29, 0.717) is 16.7 Å². The number of rotatable bonds is 8. The molecule has 5 amide bonds. The molecule has 0 radical (unpaired) electrons. The molecule has 1 aliphatic heterocycles. The van der Waals surface area contributed by atoms with Crippen molar-refractivity contribution in [2.45, 2.75) is 46.4 Å². The molecule has 0 aliphatic carbocycles. The zero-order chi connectivity index (χ0) is 25.7. The van der Waals surface area contributed by atoms with Crippen LogP contribution in [0.15, 0.2) is 42.5 Å². The van der Waals surface area contributed by atoms with Gasteiger partial charge in [-0.2, -0.15) is 0 Å². The Kier molecular flexibility index (Phi) is 7.85. The number of amides is 5. The van der Waals surface area contributed by atoms with Crippen LogP contribution in [0.1, 0.15) is 64.3 Å². The van der Waals surface area contributed by atoms with Crippen molar-refractivity contribution in [2.75, 3.05) is 6.61 Å². The molecule has 0 fully saturated rings. The summed E-state index contributed by atoms with van der Waals surface area (Å²) in [7, 11) is 0. The van der Waals surface area contributed by atoms with Gasteiger partial charge in [-0.3, -0.25) is 24.6 Å². The molecular formula is C25H27N3O7. The molecule has 0 saturated carbocycles. The van der Waals surface area contributed by atoms with E-state index < -0.39 is 35.8 Å². The summed E-state index contributed by atoms with van der Waals surface area (Å²) in [5.74, 6) is -2.28. The molecule has 35 heavy (non-hydrogen) atoms. The fraction of sp³-hybridized carbons (Fsp3) is 0.320. The Bertz CT molecular complexity index is 1140. The van der Waals surface area contributed by atoms with Crippen molar-refractivity contribution in [3.63, 3.8) is 0 Å². The van der Waals surface area contributed by atoms with Gasteiger partial charge < -0.3 is 14.8 Å². The van der Waals surface area contributed by atoms with E-state index in [1.807, 2.05) is 0 Å². The first-order valence-electron chi connectivity index (χ1n) is 11.2. The van der Waals surface area contributed by atoms with E-state index in [0.717, 1.165) is 4.90 Å². The highest BCUT2D eigenvalue weighted by molar-refractivity contribution is 6.21. The van der Waals surface area contributed by atoms with E-state index in [1.165, 1.54) is 19.1 Å². The summed E-state index contributed by atoms with van der Waals surface area (Å²) in [6.45, 7) is 6.74. The molecule has 1 heterocycles. The van der Waals surface area contributed by atoms with Crippen molar-refractivity contribution in [3.05, 3.63) is 64.7 Å². The molecule has 10 heteroatoms. The summed E-state index contributed by atoms with van der Waals surface area (Å²) in [6.07, 6.45) is -1.27. The van der Waals surface area contributed by atoms with Gasteiger partial charge in [-0.05, 0) is 57.5 Å². The van der Waals surface area contributed by atoms with Crippen LogP contribution in [-0.2, 0) is 16.1 Å². The third-order valence-corrected chi connectivity index (χ3v) is 5.09. The molecule has 2 N–H and O–H groups in total. The highest BCUT2D eigenvalue weighted by atomic mass is 16.5. The van der Waals surface area contributed by atoms with Crippen molar-refractivity contribution in [1.82, 2.24) is 15.5 Å². The summed E-state index contributed by atoms with van der Waals surface area (Å²) in [5.41, 5.74) is 1.16. The molecule has 10 nitrogen and oxygen atoms in total. The monoisotopic (exact) mass is 481 g/mol. The highest BCUT2D eigenvalue weighted by Gasteiger charge is 2.35. The van der Waals surface area contributed by atoms with Crippen LogP contribution in [0.2, 0.25) is 0 Å². The molecule has 3 rings (SSSR count). The molecule has 0 spiro atoms. The smallest absolute Gasteiger partial charge is 0.342 e. The van der Waals surface area contributed by atoms with E-state index in [1.54, 1.807) is 51.1 Å². The lowest BCUT2D eigenvalue weighted by molar-refractivity contribution is -0.127. The quantitative estimate of drug-likeness (QED) is 0.438. The largest absolute Gasteiger partial charge is 0.493 e. The summed E-state index contributed by atoms with van der Waals surface area (Å²) in [4.78, 5) is 63.3. The minimum Gasteiger partial charge on any atom is -0.493 e. The van der Waals surface area contributed by atoms with Gasteiger partial charge in [-0.25, -0.2) is 9.59 Å². The number of fused-ring (bicyclic) bond motifs is 1. The summed E-state index contributed by atoms with van der Waals surface area (Å²) < 4.78 is 10.8. The number of benzene rings is 2. The number of nitrogens with zero attached hydrogens (tertiary/aromatic N) is 1. The number of urea groups is 1. The van der Waals surface area contributed by atoms with Gasteiger partial charge in [0.1, 0.15) is 11.3 Å². The number of esters is 1. The molecule has 0 aromatic heterocycles. The molecule has 2 aromatic rings. The second-order valence-electron chi connectivity index (χ2n) is 8.17. The standard InChI is InChI=1S/C25H27N3O7/c1-5-34-20-11-10-16(13-28-22(30)17-8-6-7-9-18(17)23(28)31)12-19(20)24(32)35-15(4)21(29)27-25(33)26-14(2)3/h6-12,14-15H,5,13H2,1-4H3,(H2,26,27,29,33). The molecule has 2 aromatic carbocycles. The molecule has 0 saturated heterocycles. The first-order valence-corrected chi connectivity index (χ1v) is 11.2. The van der Waals surface area contributed by atoms with Gasteiger partial charge in [0.15, 0.2) is 6.10 Å².